The second-order valence-electron chi connectivity index (χ2n) is 5.73. The van der Waals surface area contributed by atoms with Crippen LogP contribution in [0.25, 0.3) is 0 Å². The van der Waals surface area contributed by atoms with Gasteiger partial charge in [-0.25, -0.2) is 8.42 Å². The summed E-state index contributed by atoms with van der Waals surface area (Å²) in [6, 6.07) is 0.255. The molecular formula is C14H26N4O2S. The third kappa shape index (κ3) is 3.30. The molecule has 0 aliphatic carbocycles. The topological polar surface area (TPSA) is 67.2 Å². The fraction of sp³-hybridized carbons (Fsp3) is 0.786. The zero-order chi connectivity index (χ0) is 15.6. The molecule has 120 valence electrons. The second kappa shape index (κ2) is 6.46. The van der Waals surface area contributed by atoms with Crippen LogP contribution < -0.4 is 5.32 Å². The SMILES string of the molecule is CCN(CC1CCCCN1)S(=O)(=O)c1c(C)nn(C)c1C. The van der Waals surface area contributed by atoms with Crippen LogP contribution in [0.4, 0.5) is 0 Å². The maximum absolute atomic E-state index is 12.9. The smallest absolute Gasteiger partial charge is 0.246 e. The minimum Gasteiger partial charge on any atom is -0.313 e. The van der Waals surface area contributed by atoms with Gasteiger partial charge < -0.3 is 5.32 Å². The van der Waals surface area contributed by atoms with Crippen LogP contribution >= 0.6 is 0 Å². The first-order chi connectivity index (χ1) is 9.87. The van der Waals surface area contributed by atoms with Gasteiger partial charge in [-0.2, -0.15) is 9.40 Å². The Labute approximate surface area is 127 Å². The highest BCUT2D eigenvalue weighted by Crippen LogP contribution is 2.23. The van der Waals surface area contributed by atoms with Crippen molar-refractivity contribution in [2.45, 2.75) is 51.0 Å². The summed E-state index contributed by atoms with van der Waals surface area (Å²) >= 11 is 0. The lowest BCUT2D eigenvalue weighted by Gasteiger charge is -2.29. The third-order valence-electron chi connectivity index (χ3n) is 4.23. The molecule has 6 nitrogen and oxygen atoms in total. The summed E-state index contributed by atoms with van der Waals surface area (Å²) in [7, 11) is -1.70. The Kier molecular flexibility index (Phi) is 5.06. The molecule has 0 amide bonds. The Morgan fingerprint density at radius 3 is 2.57 bits per heavy atom. The van der Waals surface area contributed by atoms with E-state index in [1.807, 2.05) is 6.92 Å². The molecule has 1 saturated heterocycles. The lowest BCUT2D eigenvalue weighted by Crippen LogP contribution is -2.45. The number of aryl methyl sites for hydroxylation is 2. The van der Waals surface area contributed by atoms with E-state index in [4.69, 9.17) is 0 Å². The number of hydrogen-bond donors (Lipinski definition) is 1. The Bertz CT molecular complexity index is 588. The monoisotopic (exact) mass is 314 g/mol. The van der Waals surface area contributed by atoms with Crippen molar-refractivity contribution in [1.82, 2.24) is 19.4 Å². The van der Waals surface area contributed by atoms with Crippen molar-refractivity contribution in [3.8, 4) is 0 Å². The average Bonchev–Trinajstić information content (AvgIpc) is 2.70. The van der Waals surface area contributed by atoms with Crippen molar-refractivity contribution >= 4 is 10.0 Å². The lowest BCUT2D eigenvalue weighted by atomic mass is 10.1. The van der Waals surface area contributed by atoms with Crippen molar-refractivity contribution in [3.05, 3.63) is 11.4 Å². The molecule has 0 spiro atoms. The fourth-order valence-electron chi connectivity index (χ4n) is 2.98. The van der Waals surface area contributed by atoms with Crippen LogP contribution in [-0.2, 0) is 17.1 Å². The summed E-state index contributed by atoms with van der Waals surface area (Å²) in [6.07, 6.45) is 3.38. The van der Waals surface area contributed by atoms with E-state index in [1.165, 1.54) is 12.8 Å². The predicted octanol–water partition coefficient (Wildman–Crippen LogP) is 1.19. The van der Waals surface area contributed by atoms with Crippen LogP contribution in [0.1, 0.15) is 37.6 Å². The molecule has 1 aromatic rings. The van der Waals surface area contributed by atoms with Crippen molar-refractivity contribution in [1.29, 1.82) is 0 Å². The Morgan fingerprint density at radius 2 is 2.10 bits per heavy atom. The Balaban J connectivity index is 2.26. The van der Waals surface area contributed by atoms with Gasteiger partial charge in [-0.05, 0) is 33.2 Å². The van der Waals surface area contributed by atoms with Crippen LogP contribution in [0.15, 0.2) is 4.90 Å². The van der Waals surface area contributed by atoms with E-state index in [-0.39, 0.29) is 6.04 Å². The number of rotatable bonds is 5. The molecule has 0 saturated carbocycles. The van der Waals surface area contributed by atoms with Crippen LogP contribution in [0.3, 0.4) is 0 Å². The quantitative estimate of drug-likeness (QED) is 0.886. The standard InChI is InChI=1S/C14H26N4O2S/c1-5-18(10-13-8-6-7-9-15-13)21(19,20)14-11(2)16-17(4)12(14)3/h13,15H,5-10H2,1-4H3. The maximum atomic E-state index is 12.9. The molecule has 1 aromatic heterocycles. The lowest BCUT2D eigenvalue weighted by molar-refractivity contribution is 0.319. The average molecular weight is 314 g/mol. The van der Waals surface area contributed by atoms with Gasteiger partial charge in [-0.1, -0.05) is 13.3 Å². The van der Waals surface area contributed by atoms with Gasteiger partial charge in [0.2, 0.25) is 10.0 Å². The van der Waals surface area contributed by atoms with E-state index in [9.17, 15) is 8.42 Å². The van der Waals surface area contributed by atoms with Crippen molar-refractivity contribution in [3.63, 3.8) is 0 Å². The minimum absolute atomic E-state index is 0.255. The van der Waals surface area contributed by atoms with E-state index < -0.39 is 10.0 Å². The van der Waals surface area contributed by atoms with Gasteiger partial charge in [-0.15, -0.1) is 0 Å². The summed E-state index contributed by atoms with van der Waals surface area (Å²) in [5.41, 5.74) is 1.27. The summed E-state index contributed by atoms with van der Waals surface area (Å²) in [6.45, 7) is 7.45. The molecule has 1 aliphatic heterocycles. The van der Waals surface area contributed by atoms with Crippen LogP contribution in [-0.4, -0.2) is 48.2 Å². The highest BCUT2D eigenvalue weighted by molar-refractivity contribution is 7.89. The number of hydrogen-bond acceptors (Lipinski definition) is 4. The molecule has 1 N–H and O–H groups in total. The number of nitrogens with one attached hydrogen (secondary N) is 1. The first-order valence-electron chi connectivity index (χ1n) is 7.61. The van der Waals surface area contributed by atoms with Gasteiger partial charge in [0.15, 0.2) is 0 Å². The first kappa shape index (κ1) is 16.5. The number of likely N-dealkylation sites (N-methyl/N-ethyl adjacent to an activating group) is 1. The first-order valence-corrected chi connectivity index (χ1v) is 9.05. The predicted molar refractivity (Wildman–Crippen MR) is 82.8 cm³/mol. The van der Waals surface area contributed by atoms with Gasteiger partial charge in [0.1, 0.15) is 4.90 Å². The number of aromatic nitrogens is 2. The van der Waals surface area contributed by atoms with E-state index in [2.05, 4.69) is 10.4 Å². The molecule has 1 fully saturated rings. The fourth-order valence-corrected chi connectivity index (χ4v) is 4.87. The normalized spacial score (nSPS) is 20.1. The van der Waals surface area contributed by atoms with Crippen LogP contribution in [0, 0.1) is 13.8 Å². The third-order valence-corrected chi connectivity index (χ3v) is 6.42. The van der Waals surface area contributed by atoms with Crippen LogP contribution in [0.2, 0.25) is 0 Å². The molecule has 21 heavy (non-hydrogen) atoms. The second-order valence-corrected chi connectivity index (χ2v) is 7.60. The molecule has 0 radical (unpaired) electrons. The molecule has 1 atom stereocenters. The molecule has 2 rings (SSSR count). The molecule has 1 aliphatic rings. The van der Waals surface area contributed by atoms with E-state index in [1.54, 1.807) is 29.9 Å². The zero-order valence-electron chi connectivity index (χ0n) is 13.4. The summed E-state index contributed by atoms with van der Waals surface area (Å²) in [5, 5.41) is 7.65. The van der Waals surface area contributed by atoms with Crippen molar-refractivity contribution < 1.29 is 8.42 Å². The van der Waals surface area contributed by atoms with Gasteiger partial charge in [0.25, 0.3) is 0 Å². The van der Waals surface area contributed by atoms with Crippen molar-refractivity contribution in [2.75, 3.05) is 19.6 Å². The summed E-state index contributed by atoms with van der Waals surface area (Å²) in [4.78, 5) is 0.364. The van der Waals surface area contributed by atoms with E-state index in [0.717, 1.165) is 13.0 Å². The largest absolute Gasteiger partial charge is 0.313 e. The molecule has 7 heteroatoms. The van der Waals surface area contributed by atoms with Crippen LogP contribution in [0.5, 0.6) is 0 Å². The Hall–Kier alpha value is -0.920. The molecule has 2 heterocycles. The molecule has 0 bridgehead atoms. The highest BCUT2D eigenvalue weighted by atomic mass is 32.2. The zero-order valence-corrected chi connectivity index (χ0v) is 14.2. The molecular weight excluding hydrogens is 288 g/mol. The summed E-state index contributed by atoms with van der Waals surface area (Å²) < 4.78 is 29.1. The van der Waals surface area contributed by atoms with Crippen molar-refractivity contribution in [2.24, 2.45) is 7.05 Å². The molecule has 1 unspecified atom stereocenters. The minimum atomic E-state index is -3.48. The maximum Gasteiger partial charge on any atom is 0.246 e. The molecule has 0 aromatic carbocycles. The van der Waals surface area contributed by atoms with E-state index in [0.29, 0.717) is 29.4 Å². The summed E-state index contributed by atoms with van der Waals surface area (Å²) in [5.74, 6) is 0. The number of piperidine rings is 1. The van der Waals surface area contributed by atoms with Gasteiger partial charge in [0.05, 0.1) is 11.4 Å². The number of sulfonamides is 1. The Morgan fingerprint density at radius 1 is 1.38 bits per heavy atom. The van der Waals surface area contributed by atoms with Gasteiger partial charge in [-0.3, -0.25) is 4.68 Å². The van der Waals surface area contributed by atoms with Gasteiger partial charge in [0, 0.05) is 26.2 Å². The highest BCUT2D eigenvalue weighted by Gasteiger charge is 2.31. The number of nitrogens with zero attached hydrogens (tertiary/aromatic N) is 3. The van der Waals surface area contributed by atoms with E-state index >= 15 is 0 Å². The van der Waals surface area contributed by atoms with Gasteiger partial charge >= 0.3 is 0 Å².